The lowest BCUT2D eigenvalue weighted by molar-refractivity contribution is 0.149. The topological polar surface area (TPSA) is 35.5 Å². The maximum absolute atomic E-state index is 12.5. The van der Waals surface area contributed by atoms with Gasteiger partial charge in [-0.25, -0.2) is 0 Å². The number of rotatable bonds is 10. The summed E-state index contributed by atoms with van der Waals surface area (Å²) in [7, 11) is -2.87. The van der Waals surface area contributed by atoms with E-state index in [9.17, 15) is 4.57 Å². The maximum atomic E-state index is 12.5. The Kier molecular flexibility index (Phi) is 9.19. The van der Waals surface area contributed by atoms with Crippen molar-refractivity contribution in [3.63, 3.8) is 0 Å². The molecular weight excluding hydrogens is 247 g/mol. The summed E-state index contributed by atoms with van der Waals surface area (Å²) < 4.78 is 23.7. The van der Waals surface area contributed by atoms with Gasteiger partial charge in [-0.2, -0.15) is 0 Å². The van der Waals surface area contributed by atoms with Gasteiger partial charge in [-0.3, -0.25) is 4.57 Å². The van der Waals surface area contributed by atoms with Crippen molar-refractivity contribution in [3.8, 4) is 0 Å². The zero-order valence-electron chi connectivity index (χ0n) is 12.8. The van der Waals surface area contributed by atoms with Crippen LogP contribution in [0.15, 0.2) is 0 Å². The summed E-state index contributed by atoms with van der Waals surface area (Å²) >= 11 is 0. The highest BCUT2D eigenvalue weighted by molar-refractivity contribution is 7.53. The first kappa shape index (κ1) is 18.1. The van der Waals surface area contributed by atoms with Gasteiger partial charge in [-0.05, 0) is 18.3 Å². The second-order valence-electron chi connectivity index (χ2n) is 6.06. The fourth-order valence-electron chi connectivity index (χ4n) is 1.37. The fourth-order valence-corrected chi connectivity index (χ4v) is 3.39. The van der Waals surface area contributed by atoms with Gasteiger partial charge in [-0.1, -0.05) is 53.9 Å². The molecule has 0 aliphatic carbocycles. The van der Waals surface area contributed by atoms with Crippen LogP contribution in [0.5, 0.6) is 0 Å². The van der Waals surface area contributed by atoms with E-state index in [2.05, 4.69) is 34.6 Å². The standard InChI is InChI=1S/C14H31O3P/c1-6-8-10-11-16-18(15,12-9-7-2)17-13-14(3,4)5/h6-13H2,1-5H3. The highest BCUT2D eigenvalue weighted by Gasteiger charge is 2.26. The average Bonchev–Trinajstić information content (AvgIpc) is 2.29. The lowest BCUT2D eigenvalue weighted by Gasteiger charge is -2.24. The minimum Gasteiger partial charge on any atom is -0.309 e. The first-order valence-corrected chi connectivity index (χ1v) is 8.94. The molecule has 0 fully saturated rings. The van der Waals surface area contributed by atoms with Crippen molar-refractivity contribution in [2.45, 2.75) is 66.7 Å². The molecule has 1 atom stereocenters. The van der Waals surface area contributed by atoms with E-state index in [0.717, 1.165) is 32.1 Å². The molecule has 3 nitrogen and oxygen atoms in total. The van der Waals surface area contributed by atoms with Gasteiger partial charge in [0, 0.05) is 0 Å². The third kappa shape index (κ3) is 10.1. The van der Waals surface area contributed by atoms with E-state index in [1.165, 1.54) is 0 Å². The summed E-state index contributed by atoms with van der Waals surface area (Å²) in [6.45, 7) is 11.5. The van der Waals surface area contributed by atoms with Crippen molar-refractivity contribution in [2.24, 2.45) is 5.41 Å². The van der Waals surface area contributed by atoms with Crippen LogP contribution in [0.4, 0.5) is 0 Å². The molecule has 1 unspecified atom stereocenters. The molecule has 0 aliphatic rings. The maximum Gasteiger partial charge on any atom is 0.330 e. The second kappa shape index (κ2) is 9.12. The smallest absolute Gasteiger partial charge is 0.309 e. The molecule has 110 valence electrons. The molecule has 0 aliphatic heterocycles. The van der Waals surface area contributed by atoms with E-state index >= 15 is 0 Å². The van der Waals surface area contributed by atoms with Gasteiger partial charge in [0.25, 0.3) is 0 Å². The lowest BCUT2D eigenvalue weighted by atomic mass is 9.99. The van der Waals surface area contributed by atoms with Crippen molar-refractivity contribution in [1.29, 1.82) is 0 Å². The predicted octanol–water partition coefficient (Wildman–Crippen LogP) is 5.25. The molecular formula is C14H31O3P. The summed E-state index contributed by atoms with van der Waals surface area (Å²) in [4.78, 5) is 0. The van der Waals surface area contributed by atoms with Gasteiger partial charge in [0.1, 0.15) is 0 Å². The van der Waals surface area contributed by atoms with Crippen LogP contribution >= 0.6 is 7.60 Å². The molecule has 0 spiro atoms. The Balaban J connectivity index is 4.20. The van der Waals surface area contributed by atoms with Gasteiger partial charge in [0.15, 0.2) is 0 Å². The first-order valence-electron chi connectivity index (χ1n) is 7.21. The summed E-state index contributed by atoms with van der Waals surface area (Å²) in [5.41, 5.74) is 0.0225. The molecule has 0 radical (unpaired) electrons. The first-order chi connectivity index (χ1) is 8.33. The van der Waals surface area contributed by atoms with Gasteiger partial charge in [0.2, 0.25) is 0 Å². The molecule has 0 bridgehead atoms. The van der Waals surface area contributed by atoms with Gasteiger partial charge >= 0.3 is 7.60 Å². The molecule has 0 heterocycles. The zero-order chi connectivity index (χ0) is 14.1. The lowest BCUT2D eigenvalue weighted by Crippen LogP contribution is -2.15. The molecule has 0 aromatic carbocycles. The van der Waals surface area contributed by atoms with Crippen molar-refractivity contribution >= 4 is 7.60 Å². The average molecular weight is 278 g/mol. The van der Waals surface area contributed by atoms with Crippen LogP contribution in [-0.2, 0) is 13.6 Å². The van der Waals surface area contributed by atoms with E-state index in [1.807, 2.05) is 0 Å². The van der Waals surface area contributed by atoms with Crippen LogP contribution in [-0.4, -0.2) is 19.4 Å². The quantitative estimate of drug-likeness (QED) is 0.404. The van der Waals surface area contributed by atoms with Gasteiger partial charge < -0.3 is 9.05 Å². The van der Waals surface area contributed by atoms with Crippen LogP contribution in [0.1, 0.15) is 66.7 Å². The molecule has 0 aromatic heterocycles. The van der Waals surface area contributed by atoms with Gasteiger partial charge in [-0.15, -0.1) is 0 Å². The molecule has 0 saturated heterocycles. The van der Waals surface area contributed by atoms with Crippen molar-refractivity contribution in [3.05, 3.63) is 0 Å². The zero-order valence-corrected chi connectivity index (χ0v) is 13.7. The Hall–Kier alpha value is 0.150. The second-order valence-corrected chi connectivity index (χ2v) is 8.25. The monoisotopic (exact) mass is 278 g/mol. The SMILES string of the molecule is CCCCCOP(=O)(CCCC)OCC(C)(C)C. The number of hydrogen-bond acceptors (Lipinski definition) is 3. The Morgan fingerprint density at radius 2 is 1.56 bits per heavy atom. The fraction of sp³-hybridized carbons (Fsp3) is 1.00. The van der Waals surface area contributed by atoms with Crippen LogP contribution < -0.4 is 0 Å². The summed E-state index contributed by atoms with van der Waals surface area (Å²) in [6, 6.07) is 0. The van der Waals surface area contributed by atoms with Crippen molar-refractivity contribution in [2.75, 3.05) is 19.4 Å². The summed E-state index contributed by atoms with van der Waals surface area (Å²) in [5.74, 6) is 0. The number of hydrogen-bond donors (Lipinski definition) is 0. The number of unbranched alkanes of at least 4 members (excludes halogenated alkanes) is 3. The van der Waals surface area contributed by atoms with E-state index in [4.69, 9.17) is 9.05 Å². The van der Waals surface area contributed by atoms with Crippen LogP contribution in [0.25, 0.3) is 0 Å². The van der Waals surface area contributed by atoms with E-state index in [0.29, 0.717) is 19.4 Å². The van der Waals surface area contributed by atoms with Gasteiger partial charge in [0.05, 0.1) is 19.4 Å². The Labute approximate surface area is 113 Å². The van der Waals surface area contributed by atoms with Crippen LogP contribution in [0.2, 0.25) is 0 Å². The molecule has 0 saturated carbocycles. The third-order valence-corrected chi connectivity index (χ3v) is 4.48. The summed E-state index contributed by atoms with van der Waals surface area (Å²) in [6.07, 6.45) is 5.69. The van der Waals surface area contributed by atoms with Crippen molar-refractivity contribution < 1.29 is 13.6 Å². The minimum atomic E-state index is -2.87. The van der Waals surface area contributed by atoms with Crippen LogP contribution in [0, 0.1) is 5.41 Å². The molecule has 4 heteroatoms. The van der Waals surface area contributed by atoms with E-state index < -0.39 is 7.60 Å². The Morgan fingerprint density at radius 1 is 0.944 bits per heavy atom. The molecule has 18 heavy (non-hydrogen) atoms. The summed E-state index contributed by atoms with van der Waals surface area (Å²) in [5, 5.41) is 0. The highest BCUT2D eigenvalue weighted by Crippen LogP contribution is 2.50. The normalized spacial score (nSPS) is 15.6. The molecule has 0 rings (SSSR count). The van der Waals surface area contributed by atoms with Crippen molar-refractivity contribution in [1.82, 2.24) is 0 Å². The molecule has 0 amide bonds. The van der Waals surface area contributed by atoms with E-state index in [1.54, 1.807) is 0 Å². The Bertz CT molecular complexity index is 246. The highest BCUT2D eigenvalue weighted by atomic mass is 31.2. The Morgan fingerprint density at radius 3 is 2.06 bits per heavy atom. The minimum absolute atomic E-state index is 0.0225. The van der Waals surface area contributed by atoms with Crippen LogP contribution in [0.3, 0.4) is 0 Å². The molecule has 0 aromatic rings. The third-order valence-electron chi connectivity index (χ3n) is 2.52. The largest absolute Gasteiger partial charge is 0.330 e. The predicted molar refractivity (Wildman–Crippen MR) is 78.3 cm³/mol. The van der Waals surface area contributed by atoms with E-state index in [-0.39, 0.29) is 5.41 Å². The molecule has 0 N–H and O–H groups in total.